The Kier molecular flexibility index (Phi) is 6.46. The number of piperazine rings is 1. The van der Waals surface area contributed by atoms with Crippen molar-refractivity contribution in [2.75, 3.05) is 18.0 Å². The first kappa shape index (κ1) is 23.9. The largest absolute Gasteiger partial charge is 0.364 e. The average Bonchev–Trinajstić information content (AvgIpc) is 3.33. The van der Waals surface area contributed by atoms with E-state index in [1.54, 1.807) is 34.8 Å². The third kappa shape index (κ3) is 4.11. The van der Waals surface area contributed by atoms with Gasteiger partial charge in [-0.15, -0.1) is 0 Å². The zero-order valence-corrected chi connectivity index (χ0v) is 21.3. The van der Waals surface area contributed by atoms with Crippen molar-refractivity contribution in [1.82, 2.24) is 29.2 Å². The molecule has 0 amide bonds. The van der Waals surface area contributed by atoms with E-state index in [1.807, 2.05) is 12.1 Å². The Bertz CT molecular complexity index is 1500. The molecule has 186 valence electrons. The van der Waals surface area contributed by atoms with E-state index in [0.29, 0.717) is 0 Å². The van der Waals surface area contributed by atoms with Gasteiger partial charge in [0.1, 0.15) is 12.1 Å². The molecular weight excluding hydrogens is 452 g/mol. The summed E-state index contributed by atoms with van der Waals surface area (Å²) in [5.41, 5.74) is 4.10. The van der Waals surface area contributed by atoms with Gasteiger partial charge in [-0.1, -0.05) is 13.8 Å². The third-order valence-electron chi connectivity index (χ3n) is 7.57. The van der Waals surface area contributed by atoms with Crippen molar-refractivity contribution in [3.8, 4) is 6.07 Å². The van der Waals surface area contributed by atoms with Gasteiger partial charge in [0.25, 0.3) is 5.56 Å². The molecule has 0 radical (unpaired) electrons. The van der Waals surface area contributed by atoms with Crippen LogP contribution >= 0.6 is 0 Å². The van der Waals surface area contributed by atoms with E-state index < -0.39 is 0 Å². The van der Waals surface area contributed by atoms with Crippen LogP contribution < -0.4 is 10.5 Å². The van der Waals surface area contributed by atoms with Gasteiger partial charge < -0.3 is 9.47 Å². The van der Waals surface area contributed by atoms with E-state index in [9.17, 15) is 4.79 Å². The number of anilines is 1. The summed E-state index contributed by atoms with van der Waals surface area (Å²) < 4.78 is 3.22. The van der Waals surface area contributed by atoms with Crippen molar-refractivity contribution in [3.63, 3.8) is 0 Å². The Morgan fingerprint density at radius 1 is 1.17 bits per heavy atom. The summed E-state index contributed by atoms with van der Waals surface area (Å²) in [6.07, 6.45) is 5.48. The number of nitriles is 1. The molecule has 1 aliphatic heterocycles. The van der Waals surface area contributed by atoms with Gasteiger partial charge in [-0.2, -0.15) is 10.4 Å². The zero-order chi connectivity index (χ0) is 25.4. The van der Waals surface area contributed by atoms with Crippen molar-refractivity contribution in [2.45, 2.75) is 58.3 Å². The minimum Gasteiger partial charge on any atom is -0.364 e. The fraction of sp³-hybridized carbons (Fsp3) is 0.444. The lowest BCUT2D eigenvalue weighted by Crippen LogP contribution is -2.59. The lowest BCUT2D eigenvalue weighted by atomic mass is 9.98. The maximum Gasteiger partial charge on any atom is 0.252 e. The normalized spacial score (nSPS) is 19.6. The highest BCUT2D eigenvalue weighted by atomic mass is 16.1. The monoisotopic (exact) mass is 484 g/mol. The van der Waals surface area contributed by atoms with Crippen molar-refractivity contribution in [1.29, 1.82) is 5.26 Å². The lowest BCUT2D eigenvalue weighted by Gasteiger charge is -2.49. The molecule has 0 N–H and O–H groups in total. The van der Waals surface area contributed by atoms with Gasteiger partial charge >= 0.3 is 0 Å². The van der Waals surface area contributed by atoms with Gasteiger partial charge in [0.15, 0.2) is 5.65 Å². The predicted molar refractivity (Wildman–Crippen MR) is 141 cm³/mol. The number of pyridine rings is 3. The standard InChI is InChI=1S/C27H32N8O/c1-5-20-16-35(23-14-25(36)32(4)24-17-33(13-11-28)31-26(23)24)21(6-2)15-34(20)18(3)22-10-9-19-8-7-12-29-27(19)30-22/h7-10,12,14,17-18,20-21H,5-6,13,15-16H2,1-4H3/t18?,20-,21+/m1/s1. The molecule has 0 aromatic carbocycles. The van der Waals surface area contributed by atoms with Gasteiger partial charge in [-0.05, 0) is 44.0 Å². The molecule has 1 fully saturated rings. The van der Waals surface area contributed by atoms with Crippen LogP contribution in [-0.2, 0) is 13.6 Å². The van der Waals surface area contributed by atoms with E-state index in [0.717, 1.165) is 59.4 Å². The van der Waals surface area contributed by atoms with Crippen LogP contribution in [0.5, 0.6) is 0 Å². The van der Waals surface area contributed by atoms with E-state index in [2.05, 4.69) is 53.8 Å². The summed E-state index contributed by atoms with van der Waals surface area (Å²) in [5.74, 6) is 0. The topological polar surface area (TPSA) is 95.9 Å². The van der Waals surface area contributed by atoms with Crippen LogP contribution in [0.3, 0.4) is 0 Å². The Hall–Kier alpha value is -3.77. The highest BCUT2D eigenvalue weighted by Crippen LogP contribution is 2.34. The summed E-state index contributed by atoms with van der Waals surface area (Å²) in [7, 11) is 1.75. The molecule has 3 atom stereocenters. The van der Waals surface area contributed by atoms with Crippen LogP contribution in [0.4, 0.5) is 5.69 Å². The molecule has 9 heteroatoms. The number of aryl methyl sites for hydroxylation is 1. The minimum atomic E-state index is -0.0689. The van der Waals surface area contributed by atoms with Crippen molar-refractivity contribution in [2.24, 2.45) is 7.05 Å². The molecule has 0 spiro atoms. The van der Waals surface area contributed by atoms with Crippen molar-refractivity contribution in [3.05, 3.63) is 58.8 Å². The fourth-order valence-electron chi connectivity index (χ4n) is 5.44. The van der Waals surface area contributed by atoms with Gasteiger partial charge in [0.05, 0.1) is 29.2 Å². The van der Waals surface area contributed by atoms with E-state index in [4.69, 9.17) is 15.3 Å². The average molecular weight is 485 g/mol. The molecule has 1 unspecified atom stereocenters. The fourth-order valence-corrected chi connectivity index (χ4v) is 5.44. The Labute approximate surface area is 210 Å². The zero-order valence-electron chi connectivity index (χ0n) is 21.3. The summed E-state index contributed by atoms with van der Waals surface area (Å²) in [6, 6.07) is 12.7. The van der Waals surface area contributed by atoms with Gasteiger partial charge in [0, 0.05) is 55.9 Å². The molecule has 0 saturated carbocycles. The molecule has 0 bridgehead atoms. The first-order valence-electron chi connectivity index (χ1n) is 12.6. The van der Waals surface area contributed by atoms with Crippen LogP contribution in [0.25, 0.3) is 22.1 Å². The summed E-state index contributed by atoms with van der Waals surface area (Å²) >= 11 is 0. The maximum absolute atomic E-state index is 12.9. The number of hydrogen-bond acceptors (Lipinski definition) is 7. The van der Waals surface area contributed by atoms with Gasteiger partial charge in [-0.25, -0.2) is 9.97 Å². The van der Waals surface area contributed by atoms with Crippen molar-refractivity contribution >= 4 is 27.8 Å². The SMILES string of the molecule is CC[C@H]1CN(C(C)c2ccc3cccnc3n2)[C@H](CC)CN1c1cc(=O)n(C)c2cn(CC#N)nc12. The molecule has 36 heavy (non-hydrogen) atoms. The van der Waals surface area contributed by atoms with Crippen LogP contribution in [0.2, 0.25) is 0 Å². The van der Waals surface area contributed by atoms with Crippen LogP contribution in [0.1, 0.15) is 45.3 Å². The first-order chi connectivity index (χ1) is 17.4. The lowest BCUT2D eigenvalue weighted by molar-refractivity contribution is 0.0993. The van der Waals surface area contributed by atoms with E-state index in [-0.39, 0.29) is 30.2 Å². The highest BCUT2D eigenvalue weighted by molar-refractivity contribution is 5.88. The highest BCUT2D eigenvalue weighted by Gasteiger charge is 2.36. The Balaban J connectivity index is 1.51. The Morgan fingerprint density at radius 2 is 1.97 bits per heavy atom. The Morgan fingerprint density at radius 3 is 2.72 bits per heavy atom. The first-order valence-corrected chi connectivity index (χ1v) is 12.6. The second-order valence-corrected chi connectivity index (χ2v) is 9.58. The summed E-state index contributed by atoms with van der Waals surface area (Å²) in [5, 5.41) is 14.9. The molecular formula is C27H32N8O. The van der Waals surface area contributed by atoms with Crippen LogP contribution in [0.15, 0.2) is 47.5 Å². The van der Waals surface area contributed by atoms with E-state index >= 15 is 0 Å². The van der Waals surface area contributed by atoms with Gasteiger partial charge in [0.2, 0.25) is 0 Å². The van der Waals surface area contributed by atoms with Crippen molar-refractivity contribution < 1.29 is 0 Å². The maximum atomic E-state index is 12.9. The summed E-state index contributed by atoms with van der Waals surface area (Å²) in [6.45, 7) is 8.42. The second-order valence-electron chi connectivity index (χ2n) is 9.58. The molecule has 4 aromatic rings. The number of aromatic nitrogens is 5. The molecule has 1 saturated heterocycles. The molecule has 5 heterocycles. The number of fused-ring (bicyclic) bond motifs is 2. The van der Waals surface area contributed by atoms with Crippen LogP contribution in [0, 0.1) is 11.3 Å². The number of nitrogens with zero attached hydrogens (tertiary/aromatic N) is 8. The van der Waals surface area contributed by atoms with Crippen LogP contribution in [-0.4, -0.2) is 54.4 Å². The second kappa shape index (κ2) is 9.70. The quantitative estimate of drug-likeness (QED) is 0.412. The van der Waals surface area contributed by atoms with E-state index in [1.165, 1.54) is 0 Å². The minimum absolute atomic E-state index is 0.0689. The number of hydrogen-bond donors (Lipinski definition) is 0. The third-order valence-corrected chi connectivity index (χ3v) is 7.57. The molecule has 5 rings (SSSR count). The molecule has 9 nitrogen and oxygen atoms in total. The molecule has 1 aliphatic rings. The number of rotatable bonds is 6. The smallest absolute Gasteiger partial charge is 0.252 e. The molecule has 0 aliphatic carbocycles. The molecule has 4 aromatic heterocycles. The van der Waals surface area contributed by atoms with Gasteiger partial charge in [-0.3, -0.25) is 14.4 Å². The summed E-state index contributed by atoms with van der Waals surface area (Å²) in [4.78, 5) is 27.1. The predicted octanol–water partition coefficient (Wildman–Crippen LogP) is 3.64.